The van der Waals surface area contributed by atoms with Crippen LogP contribution in [0.25, 0.3) is 11.1 Å². The molecule has 0 aliphatic carbocycles. The van der Waals surface area contributed by atoms with Crippen LogP contribution in [0.1, 0.15) is 5.56 Å². The van der Waals surface area contributed by atoms with E-state index in [1.165, 1.54) is 0 Å². The summed E-state index contributed by atoms with van der Waals surface area (Å²) in [5.74, 6) is 1.35. The summed E-state index contributed by atoms with van der Waals surface area (Å²) in [5, 5.41) is 9.84. The Balaban J connectivity index is 1.50. The van der Waals surface area contributed by atoms with Crippen LogP contribution in [0.4, 0.5) is 10.5 Å². The quantitative estimate of drug-likeness (QED) is 0.503. The van der Waals surface area contributed by atoms with E-state index in [1.807, 2.05) is 53.6 Å². The number of methoxy groups -OCH3 is 2. The molecule has 9 nitrogen and oxygen atoms in total. The van der Waals surface area contributed by atoms with Crippen LogP contribution in [0.2, 0.25) is 0 Å². The normalized spacial score (nSPS) is 13.9. The first-order valence-electron chi connectivity index (χ1n) is 11.3. The Morgan fingerprint density at radius 3 is 2.74 bits per heavy atom. The van der Waals surface area contributed by atoms with Crippen molar-refractivity contribution in [3.05, 3.63) is 60.4 Å². The Bertz CT molecular complexity index is 1070. The molecular formula is C25H31N5O4. The van der Waals surface area contributed by atoms with Crippen molar-refractivity contribution in [2.75, 3.05) is 58.9 Å². The summed E-state index contributed by atoms with van der Waals surface area (Å²) in [5.41, 5.74) is 3.51. The Kier molecular flexibility index (Phi) is 8.00. The van der Waals surface area contributed by atoms with E-state index in [4.69, 9.17) is 14.2 Å². The number of morpholine rings is 1. The van der Waals surface area contributed by atoms with Gasteiger partial charge in [-0.05, 0) is 35.4 Å². The number of aromatic amines is 1. The van der Waals surface area contributed by atoms with Crippen molar-refractivity contribution in [1.29, 1.82) is 0 Å². The molecule has 0 atom stereocenters. The maximum Gasteiger partial charge on any atom is 0.322 e. The minimum atomic E-state index is -0.189. The number of nitrogens with one attached hydrogen (secondary N) is 2. The van der Waals surface area contributed by atoms with Gasteiger partial charge in [0.15, 0.2) is 0 Å². The summed E-state index contributed by atoms with van der Waals surface area (Å²) in [4.78, 5) is 17.5. The number of anilines is 1. The van der Waals surface area contributed by atoms with Crippen molar-refractivity contribution in [1.82, 2.24) is 20.0 Å². The van der Waals surface area contributed by atoms with Crippen molar-refractivity contribution < 1.29 is 19.0 Å². The molecule has 1 aliphatic heterocycles. The van der Waals surface area contributed by atoms with Gasteiger partial charge < -0.3 is 24.4 Å². The van der Waals surface area contributed by atoms with Crippen LogP contribution in [0.3, 0.4) is 0 Å². The van der Waals surface area contributed by atoms with E-state index < -0.39 is 0 Å². The number of aromatic nitrogens is 2. The molecule has 0 unspecified atom stereocenters. The SMILES string of the molecule is COc1cccc(CN(CCN2CCOCC2)C(=O)Nc2ccc(-c3cn[nH]c3)cc2OC)c1. The lowest BCUT2D eigenvalue weighted by molar-refractivity contribution is 0.0349. The van der Waals surface area contributed by atoms with E-state index in [0.717, 1.165) is 55.3 Å². The van der Waals surface area contributed by atoms with Gasteiger partial charge in [-0.25, -0.2) is 4.79 Å². The summed E-state index contributed by atoms with van der Waals surface area (Å²) in [6.07, 6.45) is 3.56. The first-order chi connectivity index (χ1) is 16.7. The molecule has 0 spiro atoms. The molecule has 3 aromatic rings. The van der Waals surface area contributed by atoms with Crippen molar-refractivity contribution in [3.8, 4) is 22.6 Å². The summed E-state index contributed by atoms with van der Waals surface area (Å²) in [7, 11) is 3.23. The highest BCUT2D eigenvalue weighted by atomic mass is 16.5. The van der Waals surface area contributed by atoms with Crippen molar-refractivity contribution >= 4 is 11.7 Å². The molecule has 1 aliphatic rings. The highest BCUT2D eigenvalue weighted by molar-refractivity contribution is 5.91. The van der Waals surface area contributed by atoms with E-state index in [2.05, 4.69) is 20.4 Å². The van der Waals surface area contributed by atoms with Gasteiger partial charge in [0.1, 0.15) is 11.5 Å². The zero-order valence-corrected chi connectivity index (χ0v) is 19.6. The van der Waals surface area contributed by atoms with Crippen molar-refractivity contribution in [2.45, 2.75) is 6.54 Å². The Morgan fingerprint density at radius 1 is 1.15 bits per heavy atom. The van der Waals surface area contributed by atoms with Crippen LogP contribution in [0.5, 0.6) is 11.5 Å². The van der Waals surface area contributed by atoms with E-state index in [1.54, 1.807) is 20.4 Å². The van der Waals surface area contributed by atoms with Gasteiger partial charge >= 0.3 is 6.03 Å². The topological polar surface area (TPSA) is 92.0 Å². The second-order valence-electron chi connectivity index (χ2n) is 8.06. The molecule has 34 heavy (non-hydrogen) atoms. The number of hydrogen-bond donors (Lipinski definition) is 2. The molecule has 2 heterocycles. The number of urea groups is 1. The summed E-state index contributed by atoms with van der Waals surface area (Å²) in [6, 6.07) is 13.3. The van der Waals surface area contributed by atoms with E-state index in [9.17, 15) is 4.79 Å². The lowest BCUT2D eigenvalue weighted by Crippen LogP contribution is -2.44. The van der Waals surface area contributed by atoms with Crippen LogP contribution in [0, 0.1) is 0 Å². The Labute approximate surface area is 199 Å². The number of carbonyl (C=O) groups excluding carboxylic acids is 1. The average molecular weight is 466 g/mol. The van der Waals surface area contributed by atoms with Crippen LogP contribution in [0.15, 0.2) is 54.9 Å². The molecule has 1 fully saturated rings. The predicted molar refractivity (Wildman–Crippen MR) is 130 cm³/mol. The standard InChI is InChI=1S/C25H31N5O4/c1-32-22-5-3-4-19(14-22)18-30(9-8-29-10-12-34-13-11-29)25(31)28-23-7-6-20(15-24(23)33-2)21-16-26-27-17-21/h3-7,14-17H,8-13,18H2,1-2H3,(H,26,27)(H,28,31). The highest BCUT2D eigenvalue weighted by Crippen LogP contribution is 2.30. The number of ether oxygens (including phenoxy) is 3. The number of rotatable bonds is 9. The van der Waals surface area contributed by atoms with Crippen LogP contribution in [-0.4, -0.2) is 79.6 Å². The fraction of sp³-hybridized carbons (Fsp3) is 0.360. The molecule has 1 saturated heterocycles. The molecule has 2 amide bonds. The molecule has 0 radical (unpaired) electrons. The number of nitrogens with zero attached hydrogens (tertiary/aromatic N) is 3. The third kappa shape index (κ3) is 6.06. The third-order valence-corrected chi connectivity index (χ3v) is 5.86. The van der Waals surface area contributed by atoms with Crippen LogP contribution >= 0.6 is 0 Å². The molecule has 9 heteroatoms. The van der Waals surface area contributed by atoms with Crippen LogP contribution < -0.4 is 14.8 Å². The second-order valence-corrected chi connectivity index (χ2v) is 8.06. The smallest absolute Gasteiger partial charge is 0.322 e. The van der Waals surface area contributed by atoms with E-state index in [-0.39, 0.29) is 6.03 Å². The van der Waals surface area contributed by atoms with Gasteiger partial charge in [0.25, 0.3) is 0 Å². The molecular weight excluding hydrogens is 434 g/mol. The Hall–Kier alpha value is -3.56. The largest absolute Gasteiger partial charge is 0.497 e. The first-order valence-corrected chi connectivity index (χ1v) is 11.3. The van der Waals surface area contributed by atoms with Gasteiger partial charge in [-0.1, -0.05) is 18.2 Å². The number of benzene rings is 2. The van der Waals surface area contributed by atoms with Crippen molar-refractivity contribution in [2.24, 2.45) is 0 Å². The van der Waals surface area contributed by atoms with Crippen LogP contribution in [-0.2, 0) is 11.3 Å². The maximum absolute atomic E-state index is 13.4. The molecule has 2 N–H and O–H groups in total. The molecule has 0 bridgehead atoms. The lowest BCUT2D eigenvalue weighted by Gasteiger charge is -2.30. The number of H-pyrrole nitrogens is 1. The average Bonchev–Trinajstić information content (AvgIpc) is 3.42. The maximum atomic E-state index is 13.4. The fourth-order valence-corrected chi connectivity index (χ4v) is 3.91. The highest BCUT2D eigenvalue weighted by Gasteiger charge is 2.19. The first kappa shape index (κ1) is 23.6. The monoisotopic (exact) mass is 465 g/mol. The van der Waals surface area contributed by atoms with Crippen molar-refractivity contribution in [3.63, 3.8) is 0 Å². The van der Waals surface area contributed by atoms with Gasteiger partial charge in [-0.15, -0.1) is 0 Å². The Morgan fingerprint density at radius 2 is 2.00 bits per heavy atom. The van der Waals surface area contributed by atoms with Gasteiger partial charge in [0.2, 0.25) is 0 Å². The zero-order chi connectivity index (χ0) is 23.8. The van der Waals surface area contributed by atoms with Gasteiger partial charge in [0.05, 0.1) is 39.3 Å². The molecule has 1 aromatic heterocycles. The minimum Gasteiger partial charge on any atom is -0.497 e. The van der Waals surface area contributed by atoms with Gasteiger partial charge in [-0.3, -0.25) is 10.00 Å². The number of hydrogen-bond acceptors (Lipinski definition) is 6. The second kappa shape index (κ2) is 11.5. The molecule has 0 saturated carbocycles. The molecule has 4 rings (SSSR count). The molecule has 2 aromatic carbocycles. The summed E-state index contributed by atoms with van der Waals surface area (Å²) >= 11 is 0. The fourth-order valence-electron chi connectivity index (χ4n) is 3.91. The predicted octanol–water partition coefficient (Wildman–Crippen LogP) is 3.46. The van der Waals surface area contributed by atoms with Gasteiger partial charge in [-0.2, -0.15) is 5.10 Å². The van der Waals surface area contributed by atoms with E-state index >= 15 is 0 Å². The number of carbonyl (C=O) groups is 1. The minimum absolute atomic E-state index is 0.189. The lowest BCUT2D eigenvalue weighted by atomic mass is 10.1. The summed E-state index contributed by atoms with van der Waals surface area (Å²) in [6.45, 7) is 5.01. The summed E-state index contributed by atoms with van der Waals surface area (Å²) < 4.78 is 16.4. The van der Waals surface area contributed by atoms with E-state index in [0.29, 0.717) is 24.5 Å². The van der Waals surface area contributed by atoms with Gasteiger partial charge in [0, 0.05) is 44.5 Å². The third-order valence-electron chi connectivity index (χ3n) is 5.86. The molecule has 180 valence electrons. The number of amides is 2. The zero-order valence-electron chi connectivity index (χ0n) is 19.6.